The van der Waals surface area contributed by atoms with E-state index in [9.17, 15) is 4.79 Å². The first-order valence-electron chi connectivity index (χ1n) is 9.28. The number of amides is 1. The van der Waals surface area contributed by atoms with Crippen molar-refractivity contribution in [3.63, 3.8) is 0 Å². The van der Waals surface area contributed by atoms with Gasteiger partial charge in [0.25, 0.3) is 0 Å². The van der Waals surface area contributed by atoms with Crippen LogP contribution >= 0.6 is 0 Å². The van der Waals surface area contributed by atoms with E-state index in [1.54, 1.807) is 10.8 Å². The van der Waals surface area contributed by atoms with Gasteiger partial charge in [-0.05, 0) is 42.7 Å². The molecule has 0 aliphatic rings. The van der Waals surface area contributed by atoms with Crippen molar-refractivity contribution in [2.45, 2.75) is 19.9 Å². The number of ether oxygens (including phenoxy) is 1. The van der Waals surface area contributed by atoms with Gasteiger partial charge >= 0.3 is 0 Å². The van der Waals surface area contributed by atoms with Crippen LogP contribution in [0.5, 0.6) is 5.75 Å². The summed E-state index contributed by atoms with van der Waals surface area (Å²) in [7, 11) is 0. The summed E-state index contributed by atoms with van der Waals surface area (Å²) in [5.74, 6) is 0.693. The molecule has 0 saturated heterocycles. The highest BCUT2D eigenvalue weighted by molar-refractivity contribution is 5.91. The summed E-state index contributed by atoms with van der Waals surface area (Å²) in [5.41, 5.74) is 2.96. The van der Waals surface area contributed by atoms with Gasteiger partial charge in [-0.25, -0.2) is 4.68 Å². The third kappa shape index (κ3) is 6.39. The second-order valence-corrected chi connectivity index (χ2v) is 6.47. The summed E-state index contributed by atoms with van der Waals surface area (Å²) in [6.07, 6.45) is 5.68. The third-order valence-corrected chi connectivity index (χ3v) is 4.03. The van der Waals surface area contributed by atoms with Crippen molar-refractivity contribution in [1.82, 2.24) is 20.3 Å². The summed E-state index contributed by atoms with van der Waals surface area (Å²) in [6, 6.07) is 17.9. The van der Waals surface area contributed by atoms with Crippen molar-refractivity contribution in [2.24, 2.45) is 0 Å². The van der Waals surface area contributed by atoms with Crippen LogP contribution in [0, 0.1) is 6.92 Å². The minimum absolute atomic E-state index is 0.159. The molecule has 0 fully saturated rings. The Bertz CT molecular complexity index is 919. The summed E-state index contributed by atoms with van der Waals surface area (Å²) in [4.78, 5) is 11.9. The lowest BCUT2D eigenvalue weighted by atomic mass is 10.2. The van der Waals surface area contributed by atoms with Gasteiger partial charge in [0, 0.05) is 12.6 Å². The summed E-state index contributed by atoms with van der Waals surface area (Å²) >= 11 is 0. The number of aromatic nitrogens is 3. The summed E-state index contributed by atoms with van der Waals surface area (Å²) < 4.78 is 7.40. The number of nitrogens with one attached hydrogen (secondary N) is 1. The van der Waals surface area contributed by atoms with Crippen molar-refractivity contribution < 1.29 is 9.53 Å². The predicted octanol–water partition coefficient (Wildman–Crippen LogP) is 3.23. The molecule has 0 saturated carbocycles. The third-order valence-electron chi connectivity index (χ3n) is 4.03. The zero-order valence-electron chi connectivity index (χ0n) is 15.9. The Morgan fingerprint density at radius 1 is 1.18 bits per heavy atom. The Morgan fingerprint density at radius 2 is 2.04 bits per heavy atom. The monoisotopic (exact) mass is 376 g/mol. The highest BCUT2D eigenvalue weighted by atomic mass is 16.5. The van der Waals surface area contributed by atoms with Gasteiger partial charge in [0.15, 0.2) is 0 Å². The lowest BCUT2D eigenvalue weighted by molar-refractivity contribution is -0.116. The minimum atomic E-state index is -0.159. The zero-order chi connectivity index (χ0) is 19.6. The Hall–Kier alpha value is -3.41. The summed E-state index contributed by atoms with van der Waals surface area (Å²) in [5, 5.41) is 11.0. The van der Waals surface area contributed by atoms with Crippen LogP contribution in [-0.2, 0) is 11.3 Å². The van der Waals surface area contributed by atoms with Gasteiger partial charge in [0.1, 0.15) is 11.4 Å². The number of carbonyl (C=O) groups excluding carboxylic acids is 1. The molecule has 6 heteroatoms. The fraction of sp³-hybridized carbons (Fsp3) is 0.227. The van der Waals surface area contributed by atoms with Gasteiger partial charge in [-0.2, -0.15) is 0 Å². The second-order valence-electron chi connectivity index (χ2n) is 6.47. The molecule has 0 aliphatic carbocycles. The predicted molar refractivity (Wildman–Crippen MR) is 109 cm³/mol. The number of hydrogen-bond acceptors (Lipinski definition) is 4. The first kappa shape index (κ1) is 19.4. The summed E-state index contributed by atoms with van der Waals surface area (Å²) in [6.45, 7) is 3.78. The first-order valence-corrected chi connectivity index (χ1v) is 9.28. The van der Waals surface area contributed by atoms with Crippen LogP contribution in [0.3, 0.4) is 0 Å². The van der Waals surface area contributed by atoms with E-state index in [1.165, 1.54) is 6.08 Å². The molecule has 0 spiro atoms. The molecule has 0 unspecified atom stereocenters. The Labute approximate surface area is 164 Å². The van der Waals surface area contributed by atoms with Gasteiger partial charge in [-0.15, -0.1) is 5.10 Å². The van der Waals surface area contributed by atoms with E-state index in [2.05, 4.69) is 15.6 Å². The standard InChI is InChI=1S/C22H24N4O2/c1-18-7-5-10-21(15-18)28-14-6-13-23-22(27)12-11-20-17-26(25-24-20)16-19-8-3-2-4-9-19/h2-5,7-12,15,17H,6,13-14,16H2,1H3,(H,23,27)/b12-11+. The normalized spacial score (nSPS) is 10.9. The number of carbonyl (C=O) groups is 1. The minimum Gasteiger partial charge on any atom is -0.494 e. The maximum absolute atomic E-state index is 11.9. The smallest absolute Gasteiger partial charge is 0.244 e. The van der Waals surface area contributed by atoms with Crippen LogP contribution < -0.4 is 10.1 Å². The van der Waals surface area contributed by atoms with Crippen LogP contribution in [0.4, 0.5) is 0 Å². The maximum Gasteiger partial charge on any atom is 0.244 e. The van der Waals surface area contributed by atoms with Crippen LogP contribution in [0.1, 0.15) is 23.2 Å². The quantitative estimate of drug-likeness (QED) is 0.460. The number of rotatable bonds is 9. The molecule has 1 N–H and O–H groups in total. The van der Waals surface area contributed by atoms with Crippen molar-refractivity contribution in [3.8, 4) is 5.75 Å². The Balaban J connectivity index is 1.36. The largest absolute Gasteiger partial charge is 0.494 e. The fourth-order valence-corrected chi connectivity index (χ4v) is 2.64. The maximum atomic E-state index is 11.9. The van der Waals surface area contributed by atoms with Crippen LogP contribution in [0.2, 0.25) is 0 Å². The van der Waals surface area contributed by atoms with E-state index < -0.39 is 0 Å². The average molecular weight is 376 g/mol. The average Bonchev–Trinajstić information content (AvgIpc) is 3.14. The molecule has 1 amide bonds. The molecule has 0 aliphatic heterocycles. The molecule has 3 aromatic rings. The van der Waals surface area contributed by atoms with Gasteiger partial charge in [-0.1, -0.05) is 47.7 Å². The fourth-order valence-electron chi connectivity index (χ4n) is 2.64. The van der Waals surface area contributed by atoms with Crippen LogP contribution in [0.25, 0.3) is 6.08 Å². The highest BCUT2D eigenvalue weighted by Crippen LogP contribution is 2.12. The van der Waals surface area contributed by atoms with Crippen molar-refractivity contribution in [2.75, 3.05) is 13.2 Å². The van der Waals surface area contributed by atoms with E-state index in [1.807, 2.05) is 67.7 Å². The van der Waals surface area contributed by atoms with Crippen LogP contribution in [-0.4, -0.2) is 34.1 Å². The van der Waals surface area contributed by atoms with Crippen molar-refractivity contribution >= 4 is 12.0 Å². The Morgan fingerprint density at radius 3 is 2.86 bits per heavy atom. The van der Waals surface area contributed by atoms with E-state index in [4.69, 9.17) is 4.74 Å². The molecular formula is C22H24N4O2. The molecule has 0 bridgehead atoms. The van der Waals surface area contributed by atoms with E-state index in [-0.39, 0.29) is 5.91 Å². The first-order chi connectivity index (χ1) is 13.7. The van der Waals surface area contributed by atoms with Gasteiger partial charge in [0.05, 0.1) is 19.3 Å². The van der Waals surface area contributed by atoms with Gasteiger partial charge in [-0.3, -0.25) is 4.79 Å². The molecule has 0 atom stereocenters. The topological polar surface area (TPSA) is 69.0 Å². The molecule has 28 heavy (non-hydrogen) atoms. The van der Waals surface area contributed by atoms with Gasteiger partial charge < -0.3 is 10.1 Å². The molecule has 0 radical (unpaired) electrons. The molecule has 6 nitrogen and oxygen atoms in total. The molecule has 3 rings (SSSR count). The molecule has 1 heterocycles. The number of aryl methyl sites for hydroxylation is 1. The van der Waals surface area contributed by atoms with E-state index in [0.29, 0.717) is 25.4 Å². The molecule has 2 aromatic carbocycles. The number of hydrogen-bond donors (Lipinski definition) is 1. The Kier molecular flexibility index (Phi) is 6.95. The number of benzene rings is 2. The van der Waals surface area contributed by atoms with Crippen molar-refractivity contribution in [3.05, 3.63) is 83.7 Å². The highest BCUT2D eigenvalue weighted by Gasteiger charge is 2.01. The molecule has 1 aromatic heterocycles. The van der Waals surface area contributed by atoms with E-state index >= 15 is 0 Å². The van der Waals surface area contributed by atoms with Crippen LogP contribution in [0.15, 0.2) is 66.9 Å². The number of nitrogens with zero attached hydrogens (tertiary/aromatic N) is 3. The molecular weight excluding hydrogens is 352 g/mol. The lowest BCUT2D eigenvalue weighted by Crippen LogP contribution is -2.23. The SMILES string of the molecule is Cc1cccc(OCCCNC(=O)/C=C/c2cn(Cc3ccccc3)nn2)c1. The van der Waals surface area contributed by atoms with E-state index in [0.717, 1.165) is 23.3 Å². The molecule has 144 valence electrons. The zero-order valence-corrected chi connectivity index (χ0v) is 15.9. The second kappa shape index (κ2) is 10.1. The van der Waals surface area contributed by atoms with Crippen molar-refractivity contribution in [1.29, 1.82) is 0 Å². The lowest BCUT2D eigenvalue weighted by Gasteiger charge is -2.07. The van der Waals surface area contributed by atoms with Gasteiger partial charge in [0.2, 0.25) is 5.91 Å².